The molecule has 8 heteroatoms. The molecule has 0 heterocycles. The van der Waals surface area contributed by atoms with Crippen molar-refractivity contribution in [2.24, 2.45) is 5.73 Å². The predicted octanol–water partition coefficient (Wildman–Crippen LogP) is 1.28. The summed E-state index contributed by atoms with van der Waals surface area (Å²) in [5.74, 6) is -1.79. The molecule has 1 aromatic rings. The number of nitro benzene ring substituents is 1. The van der Waals surface area contributed by atoms with E-state index in [2.05, 4.69) is 5.32 Å². The lowest BCUT2D eigenvalue weighted by Crippen LogP contribution is -2.24. The Balaban J connectivity index is 3.20. The average molecular weight is 281 g/mol. The van der Waals surface area contributed by atoms with Gasteiger partial charge in [-0.3, -0.25) is 14.9 Å². The van der Waals surface area contributed by atoms with Crippen molar-refractivity contribution in [2.45, 2.75) is 26.3 Å². The van der Waals surface area contributed by atoms with Gasteiger partial charge < -0.3 is 16.2 Å². The Morgan fingerprint density at radius 1 is 1.50 bits per heavy atom. The highest BCUT2D eigenvalue weighted by molar-refractivity contribution is 5.90. The number of carboxylic acid groups (broad SMARTS) is 1. The molecule has 8 nitrogen and oxygen atoms in total. The molecule has 0 saturated heterocycles. The molecule has 1 aromatic carbocycles. The van der Waals surface area contributed by atoms with E-state index in [0.29, 0.717) is 11.3 Å². The van der Waals surface area contributed by atoms with Crippen molar-refractivity contribution in [1.29, 1.82) is 0 Å². The van der Waals surface area contributed by atoms with Gasteiger partial charge in [-0.15, -0.1) is 0 Å². The second-order valence-electron chi connectivity index (χ2n) is 4.45. The Hall–Kier alpha value is -2.64. The lowest BCUT2D eigenvalue weighted by Gasteiger charge is -2.16. The molecule has 1 atom stereocenters. The molecule has 1 unspecified atom stereocenters. The van der Waals surface area contributed by atoms with Gasteiger partial charge in [-0.05, 0) is 19.9 Å². The van der Waals surface area contributed by atoms with Gasteiger partial charge in [-0.25, -0.2) is 4.79 Å². The number of carbonyl (C=O) groups excluding carboxylic acids is 1. The highest BCUT2D eigenvalue weighted by Gasteiger charge is 2.20. The smallest absolute Gasteiger partial charge is 0.336 e. The summed E-state index contributed by atoms with van der Waals surface area (Å²) in [7, 11) is 0. The fraction of sp³-hybridized carbons (Fsp3) is 0.333. The fourth-order valence-corrected chi connectivity index (χ4v) is 1.78. The van der Waals surface area contributed by atoms with E-state index in [1.54, 1.807) is 6.92 Å². The molecule has 1 rings (SSSR count). The zero-order valence-corrected chi connectivity index (χ0v) is 11.0. The van der Waals surface area contributed by atoms with Crippen LogP contribution in [-0.4, -0.2) is 27.9 Å². The number of nitro groups is 1. The minimum atomic E-state index is -1.27. The van der Waals surface area contributed by atoms with Crippen LogP contribution < -0.4 is 11.1 Å². The number of nitrogens with two attached hydrogens (primary N) is 1. The summed E-state index contributed by atoms with van der Waals surface area (Å²) in [5, 5.41) is 22.7. The van der Waals surface area contributed by atoms with Gasteiger partial charge in [0.05, 0.1) is 10.5 Å². The molecular weight excluding hydrogens is 266 g/mol. The summed E-state index contributed by atoms with van der Waals surface area (Å²) in [4.78, 5) is 32.1. The summed E-state index contributed by atoms with van der Waals surface area (Å²) in [6, 6.07) is 1.93. The Bertz CT molecular complexity index is 570. The van der Waals surface area contributed by atoms with Crippen LogP contribution in [0.15, 0.2) is 12.1 Å². The summed E-state index contributed by atoms with van der Waals surface area (Å²) < 4.78 is 0. The number of nitrogens with one attached hydrogen (secondary N) is 1. The Kier molecular flexibility index (Phi) is 4.63. The lowest BCUT2D eigenvalue weighted by molar-refractivity contribution is -0.385. The van der Waals surface area contributed by atoms with Gasteiger partial charge in [0.1, 0.15) is 0 Å². The maximum atomic E-state index is 11.0. The van der Waals surface area contributed by atoms with Crippen LogP contribution in [0.5, 0.6) is 0 Å². The number of amides is 1. The second kappa shape index (κ2) is 6.00. The molecule has 1 amide bonds. The van der Waals surface area contributed by atoms with Gasteiger partial charge in [0.2, 0.25) is 5.91 Å². The van der Waals surface area contributed by atoms with Crippen LogP contribution in [0.1, 0.15) is 29.3 Å². The van der Waals surface area contributed by atoms with Crippen molar-refractivity contribution in [3.05, 3.63) is 33.4 Å². The van der Waals surface area contributed by atoms with Crippen LogP contribution in [0.2, 0.25) is 0 Å². The Labute approximate surface area is 114 Å². The molecule has 0 aliphatic carbocycles. The number of hydrogen-bond acceptors (Lipinski definition) is 5. The van der Waals surface area contributed by atoms with E-state index in [-0.39, 0.29) is 23.7 Å². The quantitative estimate of drug-likeness (QED) is 0.530. The topological polar surface area (TPSA) is 136 Å². The van der Waals surface area contributed by atoms with Crippen LogP contribution in [0.25, 0.3) is 0 Å². The molecule has 4 N–H and O–H groups in total. The minimum absolute atomic E-state index is 0.0323. The first-order valence-corrected chi connectivity index (χ1v) is 5.79. The number of nitrogens with zero attached hydrogens (tertiary/aromatic N) is 1. The molecule has 108 valence electrons. The summed E-state index contributed by atoms with van der Waals surface area (Å²) in [5.41, 5.74) is 5.17. The monoisotopic (exact) mass is 281 g/mol. The van der Waals surface area contributed by atoms with E-state index < -0.39 is 16.8 Å². The fourth-order valence-electron chi connectivity index (χ4n) is 1.78. The highest BCUT2D eigenvalue weighted by Crippen LogP contribution is 2.28. The van der Waals surface area contributed by atoms with E-state index in [9.17, 15) is 19.7 Å². The standard InChI is InChI=1S/C12H15N3O5/c1-6(3-11(13)16)14-9-4-8(12(17)18)5-10(7(9)2)15(19)20/h4-6,14H,3H2,1-2H3,(H2,13,16)(H,17,18). The molecule has 0 bridgehead atoms. The molecule has 0 aliphatic heterocycles. The number of carboxylic acids is 1. The zero-order chi connectivity index (χ0) is 15.4. The third-order valence-corrected chi connectivity index (χ3v) is 2.73. The van der Waals surface area contributed by atoms with Gasteiger partial charge in [0.15, 0.2) is 0 Å². The average Bonchev–Trinajstić information content (AvgIpc) is 2.29. The summed E-state index contributed by atoms with van der Waals surface area (Å²) in [6.45, 7) is 3.17. The van der Waals surface area contributed by atoms with Crippen LogP contribution in [0, 0.1) is 17.0 Å². The van der Waals surface area contributed by atoms with E-state index >= 15 is 0 Å². The van der Waals surface area contributed by atoms with E-state index in [1.807, 2.05) is 0 Å². The number of rotatable bonds is 6. The number of primary amides is 1. The van der Waals surface area contributed by atoms with Crippen molar-refractivity contribution in [1.82, 2.24) is 0 Å². The van der Waals surface area contributed by atoms with Crippen molar-refractivity contribution in [2.75, 3.05) is 5.32 Å². The van der Waals surface area contributed by atoms with Gasteiger partial charge in [-0.1, -0.05) is 0 Å². The summed E-state index contributed by atoms with van der Waals surface area (Å²) in [6.07, 6.45) is 0.0323. The van der Waals surface area contributed by atoms with Gasteiger partial charge >= 0.3 is 5.97 Å². The molecule has 0 fully saturated rings. The zero-order valence-electron chi connectivity index (χ0n) is 11.0. The number of benzene rings is 1. The SMILES string of the molecule is Cc1c(NC(C)CC(N)=O)cc(C(=O)O)cc1[N+](=O)[O-]. The maximum Gasteiger partial charge on any atom is 0.336 e. The van der Waals surface area contributed by atoms with E-state index in [1.165, 1.54) is 13.0 Å². The molecule has 0 spiro atoms. The van der Waals surface area contributed by atoms with Crippen molar-refractivity contribution < 1.29 is 19.6 Å². The molecule has 0 aliphatic rings. The maximum absolute atomic E-state index is 11.0. The minimum Gasteiger partial charge on any atom is -0.478 e. The second-order valence-corrected chi connectivity index (χ2v) is 4.45. The van der Waals surface area contributed by atoms with Gasteiger partial charge in [0.25, 0.3) is 5.69 Å². The first kappa shape index (κ1) is 15.4. The Morgan fingerprint density at radius 3 is 2.55 bits per heavy atom. The summed E-state index contributed by atoms with van der Waals surface area (Å²) >= 11 is 0. The largest absolute Gasteiger partial charge is 0.478 e. The van der Waals surface area contributed by atoms with Crippen LogP contribution in [0.4, 0.5) is 11.4 Å². The first-order valence-electron chi connectivity index (χ1n) is 5.79. The molecule has 0 saturated carbocycles. The number of anilines is 1. The predicted molar refractivity (Wildman–Crippen MR) is 71.7 cm³/mol. The highest BCUT2D eigenvalue weighted by atomic mass is 16.6. The van der Waals surface area contributed by atoms with Gasteiger partial charge in [0, 0.05) is 29.8 Å². The van der Waals surface area contributed by atoms with Crippen LogP contribution in [-0.2, 0) is 4.79 Å². The Morgan fingerprint density at radius 2 is 2.10 bits per heavy atom. The van der Waals surface area contributed by atoms with Crippen molar-refractivity contribution in [3.63, 3.8) is 0 Å². The van der Waals surface area contributed by atoms with Crippen LogP contribution in [0.3, 0.4) is 0 Å². The van der Waals surface area contributed by atoms with Crippen molar-refractivity contribution in [3.8, 4) is 0 Å². The van der Waals surface area contributed by atoms with Crippen molar-refractivity contribution >= 4 is 23.3 Å². The van der Waals surface area contributed by atoms with E-state index in [4.69, 9.17) is 10.8 Å². The molecule has 0 radical (unpaired) electrons. The number of carbonyl (C=O) groups is 2. The van der Waals surface area contributed by atoms with E-state index in [0.717, 1.165) is 6.07 Å². The molecule has 0 aromatic heterocycles. The van der Waals surface area contributed by atoms with Gasteiger partial charge in [-0.2, -0.15) is 0 Å². The lowest BCUT2D eigenvalue weighted by atomic mass is 10.1. The first-order chi connectivity index (χ1) is 9.22. The molecular formula is C12H15N3O5. The number of hydrogen-bond donors (Lipinski definition) is 3. The number of aromatic carboxylic acids is 1. The third-order valence-electron chi connectivity index (χ3n) is 2.73. The molecule has 20 heavy (non-hydrogen) atoms. The normalized spacial score (nSPS) is 11.7. The third kappa shape index (κ3) is 3.67. The van der Waals surface area contributed by atoms with Crippen LogP contribution >= 0.6 is 0 Å².